The Bertz CT molecular complexity index is 2760. The highest BCUT2D eigenvalue weighted by Gasteiger charge is 2.59. The summed E-state index contributed by atoms with van der Waals surface area (Å²) in [6.07, 6.45) is 0.0393. The average molecular weight is 1200 g/mol. The summed E-state index contributed by atoms with van der Waals surface area (Å²) in [4.78, 5) is 66.4. The molecule has 2 amide bonds. The lowest BCUT2D eigenvalue weighted by Crippen LogP contribution is -2.59. The number of hydrogen-bond acceptors (Lipinski definition) is 10. The third kappa shape index (κ3) is 22.0. The van der Waals surface area contributed by atoms with E-state index in [0.717, 1.165) is 44.8 Å². The molecular formula is C70H103N3O10Si2. The number of amides is 2. The largest absolute Gasteiger partial charge is 0.517 e. The Labute approximate surface area is 512 Å². The summed E-state index contributed by atoms with van der Waals surface area (Å²) in [6.45, 7) is 35.6. The number of hydrogen-bond donors (Lipinski definition) is 2. The molecule has 0 aliphatic heterocycles. The molecule has 13 nitrogen and oxygen atoms in total. The number of aliphatic carboxylic acids is 1. The smallest absolute Gasteiger partial charge is 0.410 e. The molecule has 0 saturated carbocycles. The normalized spacial score (nSPS) is 13.1. The molecule has 0 unspecified atom stereocenters. The zero-order chi connectivity index (χ0) is 64.0. The Kier molecular flexibility index (Phi) is 28.1. The van der Waals surface area contributed by atoms with Gasteiger partial charge in [0.1, 0.15) is 31.3 Å². The molecule has 0 aliphatic rings. The first kappa shape index (κ1) is 72.7. The lowest BCUT2D eigenvalue weighted by atomic mass is 10.1. The monoisotopic (exact) mass is 1200 g/mol. The Morgan fingerprint density at radius 2 is 0.706 bits per heavy atom. The fourth-order valence-corrected chi connectivity index (χ4v) is 22.9. The second kappa shape index (κ2) is 32.8. The maximum Gasteiger partial charge on any atom is 0.410 e. The van der Waals surface area contributed by atoms with Crippen LogP contribution in [0.1, 0.15) is 139 Å². The number of carbonyl (C=O) groups excluding carboxylic acids is 4. The fourth-order valence-electron chi connectivity index (χ4n) is 11.3. The van der Waals surface area contributed by atoms with Crippen LogP contribution in [0.2, 0.25) is 32.2 Å². The molecule has 0 radical (unpaired) electrons. The van der Waals surface area contributed by atoms with Crippen LogP contribution in [0.25, 0.3) is 0 Å². The summed E-state index contributed by atoms with van der Waals surface area (Å²) in [6, 6.07) is 47.6. The van der Waals surface area contributed by atoms with E-state index in [1.807, 2.05) is 147 Å². The van der Waals surface area contributed by atoms with Crippen LogP contribution >= 0.6 is 0 Å². The third-order valence-corrected chi connectivity index (χ3v) is 29.3. The zero-order valence-electron chi connectivity index (χ0n) is 54.8. The summed E-state index contributed by atoms with van der Waals surface area (Å²) >= 11 is 0. The van der Waals surface area contributed by atoms with Gasteiger partial charge in [0.2, 0.25) is 0 Å². The van der Waals surface area contributed by atoms with Crippen LogP contribution in [0.3, 0.4) is 0 Å². The predicted octanol–water partition coefficient (Wildman–Crippen LogP) is 16.1. The van der Waals surface area contributed by atoms with E-state index < -0.39 is 46.9 Å². The molecule has 5 aromatic carbocycles. The number of nitrogens with zero attached hydrogens (tertiary/aromatic N) is 2. The van der Waals surface area contributed by atoms with E-state index in [9.17, 15) is 29.1 Å². The first-order chi connectivity index (χ1) is 39.6. The zero-order valence-corrected chi connectivity index (χ0v) is 56.8. The number of benzene rings is 5. The average Bonchev–Trinajstić information content (AvgIpc) is 3.42. The van der Waals surface area contributed by atoms with Crippen molar-refractivity contribution in [2.45, 2.75) is 194 Å². The Morgan fingerprint density at radius 3 is 0.988 bits per heavy atom. The quantitative estimate of drug-likeness (QED) is 0.0635. The molecule has 0 aromatic heterocycles. The van der Waals surface area contributed by atoms with Gasteiger partial charge in [-0.15, -0.1) is 0 Å². The van der Waals surface area contributed by atoms with E-state index >= 15 is 0 Å². The topological polar surface area (TPSA) is 161 Å². The van der Waals surface area contributed by atoms with Gasteiger partial charge in [-0.1, -0.05) is 262 Å². The van der Waals surface area contributed by atoms with E-state index in [-0.39, 0.29) is 57.8 Å². The van der Waals surface area contributed by atoms with Crippen molar-refractivity contribution in [2.75, 3.05) is 21.1 Å². The second-order valence-electron chi connectivity index (χ2n) is 27.3. The molecule has 5 rings (SSSR count). The number of carboxylic acids is 1. The van der Waals surface area contributed by atoms with Crippen molar-refractivity contribution in [1.82, 2.24) is 15.1 Å². The Hall–Kier alpha value is -6.56. The molecule has 0 aliphatic carbocycles. The van der Waals surface area contributed by atoms with Gasteiger partial charge in [-0.05, 0) is 85.4 Å². The van der Waals surface area contributed by atoms with Gasteiger partial charge in [0.15, 0.2) is 0 Å². The van der Waals surface area contributed by atoms with E-state index in [0.29, 0.717) is 24.7 Å². The third-order valence-electron chi connectivity index (χ3n) is 15.7. The first-order valence-corrected chi connectivity index (χ1v) is 34.2. The van der Waals surface area contributed by atoms with Gasteiger partial charge in [0, 0.05) is 26.9 Å². The van der Waals surface area contributed by atoms with Crippen LogP contribution in [-0.4, -0.2) is 101 Å². The van der Waals surface area contributed by atoms with E-state index in [2.05, 4.69) is 128 Å². The van der Waals surface area contributed by atoms with Crippen molar-refractivity contribution in [3.63, 3.8) is 0 Å². The van der Waals surface area contributed by atoms with Gasteiger partial charge in [-0.25, -0.2) is 14.4 Å². The standard InChI is InChI=1S/C30H45NO4Si.C22H39NO2Si.C18H19NO4/c1-23(2)22-36(29(3,4)5,30(6,7)8)35-27(32)26(20-24-16-12-10-13-17-24)31(9)28(33)34-21-25-18-14-11-15-19-25;1-17(2)16-26(21(3,4)5,22(6,7)8)25-20(24)19(23-9)15-18-13-11-10-12-14-18;1-19(18(22)23-13-15-10-6-3-7-11-15)16(17(20)21)12-14-8-4-2-5-9-14/h10-19,23,26H,20-22H2,1-9H3;10-14,17,19,23H,15-16H2,1-9H3;2-11,16H,12-13H2,1H3,(H,20,21)/t26-;19-;16-/m000/s1. The molecule has 85 heavy (non-hydrogen) atoms. The van der Waals surface area contributed by atoms with Crippen molar-refractivity contribution in [2.24, 2.45) is 11.8 Å². The summed E-state index contributed by atoms with van der Waals surface area (Å²) in [5.74, 6) is -0.643. The van der Waals surface area contributed by atoms with Crippen LogP contribution in [0, 0.1) is 11.8 Å². The molecule has 466 valence electrons. The molecular weight excluding hydrogens is 1100 g/mol. The lowest BCUT2D eigenvalue weighted by molar-refractivity contribution is -0.142. The summed E-state index contributed by atoms with van der Waals surface area (Å²) in [7, 11) is -0.187. The van der Waals surface area contributed by atoms with Gasteiger partial charge in [-0.2, -0.15) is 0 Å². The minimum Gasteiger partial charge on any atom is -0.517 e. The van der Waals surface area contributed by atoms with Crippen LogP contribution in [0.5, 0.6) is 0 Å². The molecule has 0 saturated heterocycles. The molecule has 3 atom stereocenters. The minimum atomic E-state index is -2.68. The molecule has 0 fully saturated rings. The van der Waals surface area contributed by atoms with Crippen molar-refractivity contribution in [3.05, 3.63) is 179 Å². The van der Waals surface area contributed by atoms with Crippen LogP contribution in [0.4, 0.5) is 9.59 Å². The number of rotatable bonds is 22. The highest BCUT2D eigenvalue weighted by molar-refractivity contribution is 6.81. The SMILES string of the molecule is CC(C)C[Si](OC(=O)[C@H](Cc1ccccc1)N(C)C(=O)OCc1ccccc1)(C(C)(C)C)C(C)(C)C.CN(C(=O)OCc1ccccc1)[C@@H](Cc1ccccc1)C(=O)O.CN[C@@H](Cc1ccccc1)C(=O)O[Si](CC(C)C)(C(C)(C)C)C(C)(C)C. The maximum atomic E-state index is 14.0. The summed E-state index contributed by atoms with van der Waals surface area (Å²) < 4.78 is 24.0. The fraction of sp³-hybridized carbons (Fsp3) is 0.500. The number of likely N-dealkylation sites (N-methyl/N-ethyl adjacent to an activating group) is 3. The molecule has 0 spiro atoms. The number of carboxylic acid groups (broad SMARTS) is 1. The molecule has 2 N–H and O–H groups in total. The summed E-state index contributed by atoms with van der Waals surface area (Å²) in [5, 5.41) is 12.1. The van der Waals surface area contributed by atoms with Crippen LogP contribution in [0.15, 0.2) is 152 Å². The van der Waals surface area contributed by atoms with Crippen molar-refractivity contribution in [3.8, 4) is 0 Å². The predicted molar refractivity (Wildman–Crippen MR) is 349 cm³/mol. The van der Waals surface area contributed by atoms with Gasteiger partial charge < -0.3 is 28.7 Å². The van der Waals surface area contributed by atoms with Crippen LogP contribution in [-0.2, 0) is 65.2 Å². The van der Waals surface area contributed by atoms with Crippen LogP contribution < -0.4 is 5.32 Å². The van der Waals surface area contributed by atoms with Gasteiger partial charge in [0.05, 0.1) is 0 Å². The Morgan fingerprint density at radius 1 is 0.435 bits per heavy atom. The van der Waals surface area contributed by atoms with E-state index in [1.165, 1.54) is 11.9 Å². The molecule has 0 bridgehead atoms. The van der Waals surface area contributed by atoms with Crippen molar-refractivity contribution in [1.29, 1.82) is 0 Å². The number of ether oxygens (including phenoxy) is 2. The lowest BCUT2D eigenvalue weighted by Gasteiger charge is -2.51. The number of nitrogens with one attached hydrogen (secondary N) is 1. The van der Waals surface area contributed by atoms with E-state index in [4.69, 9.17) is 18.3 Å². The Balaban J connectivity index is 0.000000344. The van der Waals surface area contributed by atoms with Gasteiger partial charge in [0.25, 0.3) is 16.6 Å². The second-order valence-corrected chi connectivity index (χ2v) is 37.8. The maximum absolute atomic E-state index is 14.0. The van der Waals surface area contributed by atoms with Crippen molar-refractivity contribution >= 4 is 46.7 Å². The highest BCUT2D eigenvalue weighted by Crippen LogP contribution is 2.56. The van der Waals surface area contributed by atoms with Gasteiger partial charge in [-0.3, -0.25) is 19.4 Å². The van der Waals surface area contributed by atoms with E-state index in [1.54, 1.807) is 7.05 Å². The molecule has 0 heterocycles. The minimum absolute atomic E-state index is 0.0315. The first-order valence-electron chi connectivity index (χ1n) is 29.9. The highest BCUT2D eigenvalue weighted by atomic mass is 28.4. The van der Waals surface area contributed by atoms with Gasteiger partial charge >= 0.3 is 30.1 Å². The molecule has 5 aromatic rings. The van der Waals surface area contributed by atoms with Crippen molar-refractivity contribution < 1.29 is 47.4 Å². The summed E-state index contributed by atoms with van der Waals surface area (Å²) in [5.41, 5.74) is 4.70. The molecule has 15 heteroatoms. The number of carbonyl (C=O) groups is 5.